The van der Waals surface area contributed by atoms with Gasteiger partial charge in [0.2, 0.25) is 0 Å². The van der Waals surface area contributed by atoms with Crippen molar-refractivity contribution < 1.29 is 22.4 Å². The molecule has 0 saturated carbocycles. The third-order valence-electron chi connectivity index (χ3n) is 2.82. The monoisotopic (exact) mass is 282 g/mol. The van der Waals surface area contributed by atoms with Gasteiger partial charge in [-0.05, 0) is 23.3 Å². The molecule has 0 saturated heterocycles. The molecule has 0 fully saturated rings. The number of Topliss-reactive ketones (excluding diaryl/α,β-unsaturated/α-hetero) is 1. The summed E-state index contributed by atoms with van der Waals surface area (Å²) in [6.07, 6.45) is -0.650. The Morgan fingerprint density at radius 1 is 0.850 bits per heavy atom. The topological polar surface area (TPSA) is 17.1 Å². The lowest BCUT2D eigenvalue weighted by Gasteiger charge is -2.05. The second-order valence-corrected chi connectivity index (χ2v) is 4.34. The van der Waals surface area contributed by atoms with Crippen molar-refractivity contribution in [2.24, 2.45) is 0 Å². The molecule has 0 aliphatic carbocycles. The molecule has 2 rings (SSSR count). The Balaban J connectivity index is 2.11. The largest absolute Gasteiger partial charge is 0.299 e. The molecule has 0 radical (unpaired) electrons. The summed E-state index contributed by atoms with van der Waals surface area (Å²) in [7, 11) is 0. The summed E-state index contributed by atoms with van der Waals surface area (Å²) in [6, 6.07) is 6.39. The summed E-state index contributed by atoms with van der Waals surface area (Å²) in [5, 5.41) is 0. The number of ketones is 1. The first-order valence-corrected chi connectivity index (χ1v) is 5.86. The van der Waals surface area contributed by atoms with E-state index in [0.29, 0.717) is 6.07 Å². The summed E-state index contributed by atoms with van der Waals surface area (Å²) in [6.45, 7) is 0. The quantitative estimate of drug-likeness (QED) is 0.783. The Bertz CT molecular complexity index is 652. The highest BCUT2D eigenvalue weighted by atomic mass is 19.2. The molecule has 2 aromatic rings. The average molecular weight is 282 g/mol. The van der Waals surface area contributed by atoms with Crippen LogP contribution in [0.1, 0.15) is 11.1 Å². The van der Waals surface area contributed by atoms with Crippen LogP contribution >= 0.6 is 0 Å². The maximum absolute atomic E-state index is 13.4. The van der Waals surface area contributed by atoms with E-state index in [0.717, 1.165) is 18.2 Å². The minimum Gasteiger partial charge on any atom is -0.299 e. The second-order valence-electron chi connectivity index (χ2n) is 4.34. The van der Waals surface area contributed by atoms with E-state index < -0.39 is 29.1 Å². The SMILES string of the molecule is O=C(Cc1ccc(F)cc1F)Cc1cccc(F)c1F. The highest BCUT2D eigenvalue weighted by Crippen LogP contribution is 2.15. The average Bonchev–Trinajstić information content (AvgIpc) is 2.38. The lowest BCUT2D eigenvalue weighted by atomic mass is 10.0. The van der Waals surface area contributed by atoms with Crippen LogP contribution in [-0.2, 0) is 17.6 Å². The molecule has 0 aromatic heterocycles. The zero-order valence-corrected chi connectivity index (χ0v) is 10.3. The standard InChI is InChI=1S/C15H10F4O/c16-11-5-4-9(14(18)8-11)6-12(20)7-10-2-1-3-13(17)15(10)19/h1-5,8H,6-7H2. The number of rotatable bonds is 4. The van der Waals surface area contributed by atoms with Crippen molar-refractivity contribution in [2.45, 2.75) is 12.8 Å². The van der Waals surface area contributed by atoms with E-state index in [4.69, 9.17) is 0 Å². The van der Waals surface area contributed by atoms with E-state index in [1.807, 2.05) is 0 Å². The van der Waals surface area contributed by atoms with Crippen LogP contribution in [0.2, 0.25) is 0 Å². The molecule has 0 aliphatic rings. The van der Waals surface area contributed by atoms with Gasteiger partial charge in [-0.15, -0.1) is 0 Å². The summed E-state index contributed by atoms with van der Waals surface area (Å²) in [5.74, 6) is -4.18. The maximum Gasteiger partial charge on any atom is 0.162 e. The molecule has 0 atom stereocenters. The molecule has 104 valence electrons. The Morgan fingerprint density at radius 3 is 2.25 bits per heavy atom. The zero-order valence-electron chi connectivity index (χ0n) is 10.3. The molecule has 0 aliphatic heterocycles. The van der Waals surface area contributed by atoms with E-state index in [1.165, 1.54) is 12.1 Å². The first-order valence-electron chi connectivity index (χ1n) is 5.86. The number of hydrogen-bond donors (Lipinski definition) is 0. The van der Waals surface area contributed by atoms with E-state index >= 15 is 0 Å². The summed E-state index contributed by atoms with van der Waals surface area (Å²) < 4.78 is 52.4. The van der Waals surface area contributed by atoms with Crippen LogP contribution in [-0.4, -0.2) is 5.78 Å². The van der Waals surface area contributed by atoms with E-state index in [9.17, 15) is 22.4 Å². The molecule has 0 unspecified atom stereocenters. The van der Waals surface area contributed by atoms with Crippen LogP contribution in [0.25, 0.3) is 0 Å². The molecular formula is C15H10F4O. The van der Waals surface area contributed by atoms with E-state index in [-0.39, 0.29) is 24.0 Å². The number of carbonyl (C=O) groups is 1. The van der Waals surface area contributed by atoms with Crippen LogP contribution < -0.4 is 0 Å². The van der Waals surface area contributed by atoms with Gasteiger partial charge in [0.15, 0.2) is 11.6 Å². The molecule has 0 amide bonds. The van der Waals surface area contributed by atoms with Gasteiger partial charge in [-0.3, -0.25) is 4.79 Å². The third-order valence-corrected chi connectivity index (χ3v) is 2.82. The van der Waals surface area contributed by atoms with Gasteiger partial charge in [0, 0.05) is 18.9 Å². The molecule has 5 heteroatoms. The molecular weight excluding hydrogens is 272 g/mol. The minimum absolute atomic E-state index is 0.0215. The van der Waals surface area contributed by atoms with Gasteiger partial charge in [-0.2, -0.15) is 0 Å². The summed E-state index contributed by atoms with van der Waals surface area (Å²) in [5.41, 5.74) is -0.0641. The molecule has 0 bridgehead atoms. The fourth-order valence-corrected chi connectivity index (χ4v) is 1.84. The van der Waals surface area contributed by atoms with Gasteiger partial charge >= 0.3 is 0 Å². The smallest absolute Gasteiger partial charge is 0.162 e. The Labute approximate surface area is 112 Å². The van der Waals surface area contributed by atoms with Crippen LogP contribution in [0.15, 0.2) is 36.4 Å². The predicted octanol–water partition coefficient (Wildman–Crippen LogP) is 3.60. The Morgan fingerprint density at radius 2 is 1.55 bits per heavy atom. The molecule has 0 N–H and O–H groups in total. The van der Waals surface area contributed by atoms with Crippen LogP contribution in [0.3, 0.4) is 0 Å². The highest BCUT2D eigenvalue weighted by molar-refractivity contribution is 5.83. The van der Waals surface area contributed by atoms with Crippen LogP contribution in [0.5, 0.6) is 0 Å². The predicted molar refractivity (Wildman–Crippen MR) is 65.1 cm³/mol. The zero-order chi connectivity index (χ0) is 14.7. The van der Waals surface area contributed by atoms with Crippen molar-refractivity contribution in [3.63, 3.8) is 0 Å². The Hall–Kier alpha value is -2.17. The van der Waals surface area contributed by atoms with E-state index in [2.05, 4.69) is 0 Å². The summed E-state index contributed by atoms with van der Waals surface area (Å²) >= 11 is 0. The lowest BCUT2D eigenvalue weighted by Crippen LogP contribution is -2.10. The molecule has 20 heavy (non-hydrogen) atoms. The first kappa shape index (κ1) is 14.2. The van der Waals surface area contributed by atoms with Crippen molar-refractivity contribution >= 4 is 5.78 Å². The van der Waals surface area contributed by atoms with Gasteiger partial charge in [0.1, 0.15) is 17.4 Å². The highest BCUT2D eigenvalue weighted by Gasteiger charge is 2.14. The van der Waals surface area contributed by atoms with Gasteiger partial charge < -0.3 is 0 Å². The van der Waals surface area contributed by atoms with Gasteiger partial charge in [0.05, 0.1) is 0 Å². The molecule has 0 spiro atoms. The number of halogens is 4. The fourth-order valence-electron chi connectivity index (χ4n) is 1.84. The van der Waals surface area contributed by atoms with Gasteiger partial charge in [0.25, 0.3) is 0 Å². The fraction of sp³-hybridized carbons (Fsp3) is 0.133. The van der Waals surface area contributed by atoms with Crippen molar-refractivity contribution in [2.75, 3.05) is 0 Å². The van der Waals surface area contributed by atoms with Crippen LogP contribution in [0, 0.1) is 23.3 Å². The molecule has 0 heterocycles. The minimum atomic E-state index is -1.08. The number of benzene rings is 2. The van der Waals surface area contributed by atoms with Gasteiger partial charge in [-0.1, -0.05) is 18.2 Å². The number of carbonyl (C=O) groups excluding carboxylic acids is 1. The van der Waals surface area contributed by atoms with Crippen molar-refractivity contribution in [1.82, 2.24) is 0 Å². The van der Waals surface area contributed by atoms with Gasteiger partial charge in [-0.25, -0.2) is 17.6 Å². The van der Waals surface area contributed by atoms with E-state index in [1.54, 1.807) is 0 Å². The normalized spacial score (nSPS) is 10.6. The number of hydrogen-bond acceptors (Lipinski definition) is 1. The molecule has 1 nitrogen and oxygen atoms in total. The van der Waals surface area contributed by atoms with Crippen molar-refractivity contribution in [3.8, 4) is 0 Å². The second kappa shape index (κ2) is 5.86. The molecule has 2 aromatic carbocycles. The van der Waals surface area contributed by atoms with Crippen molar-refractivity contribution in [3.05, 3.63) is 70.8 Å². The lowest BCUT2D eigenvalue weighted by molar-refractivity contribution is -0.117. The third kappa shape index (κ3) is 3.23. The summed E-state index contributed by atoms with van der Waals surface area (Å²) in [4.78, 5) is 11.7. The first-order chi connectivity index (χ1) is 9.47. The van der Waals surface area contributed by atoms with Crippen LogP contribution in [0.4, 0.5) is 17.6 Å². The Kier molecular flexibility index (Phi) is 4.17. The van der Waals surface area contributed by atoms with Crippen molar-refractivity contribution in [1.29, 1.82) is 0 Å². The maximum atomic E-state index is 13.4.